The molecule has 2 rings (SSSR count). The van der Waals surface area contributed by atoms with Crippen LogP contribution in [-0.4, -0.2) is 44.5 Å². The molecule has 0 aliphatic carbocycles. The lowest BCUT2D eigenvalue weighted by Crippen LogP contribution is -2.31. The largest absolute Gasteiger partial charge is 0.496 e. The second-order valence-corrected chi connectivity index (χ2v) is 7.29. The first-order chi connectivity index (χ1) is 16.2. The molecule has 2 aromatic rings. The molecule has 184 valence electrons. The number of alkyl halides is 3. The molecule has 34 heavy (non-hydrogen) atoms. The highest BCUT2D eigenvalue weighted by Crippen LogP contribution is 2.22. The zero-order valence-electron chi connectivity index (χ0n) is 19.2. The molecule has 0 aliphatic rings. The SMILES string of the molecule is CCNCCNCc1cccc(N=C(/C=C(\N)C(F)(F)F)C(=O)NCc2ccccc2OC)c1. The first kappa shape index (κ1) is 26.9. The molecule has 2 aromatic carbocycles. The van der Waals surface area contributed by atoms with Gasteiger partial charge in [0.15, 0.2) is 0 Å². The Bertz CT molecular complexity index is 1010. The number of aliphatic imine (C=N–C) groups is 1. The maximum Gasteiger partial charge on any atom is 0.430 e. The van der Waals surface area contributed by atoms with Crippen molar-refractivity contribution in [1.82, 2.24) is 16.0 Å². The number of benzene rings is 2. The van der Waals surface area contributed by atoms with Crippen LogP contribution in [0.25, 0.3) is 0 Å². The maximum absolute atomic E-state index is 13.0. The van der Waals surface area contributed by atoms with Gasteiger partial charge in [0.1, 0.15) is 17.2 Å². The van der Waals surface area contributed by atoms with Crippen molar-refractivity contribution in [3.8, 4) is 5.75 Å². The minimum Gasteiger partial charge on any atom is -0.496 e. The van der Waals surface area contributed by atoms with Crippen LogP contribution >= 0.6 is 0 Å². The van der Waals surface area contributed by atoms with Crippen molar-refractivity contribution in [3.63, 3.8) is 0 Å². The van der Waals surface area contributed by atoms with E-state index in [1.165, 1.54) is 7.11 Å². The Hall–Kier alpha value is -3.37. The van der Waals surface area contributed by atoms with Crippen LogP contribution in [-0.2, 0) is 17.9 Å². The molecular weight excluding hydrogens is 447 g/mol. The van der Waals surface area contributed by atoms with E-state index in [0.29, 0.717) is 29.6 Å². The lowest BCUT2D eigenvalue weighted by Gasteiger charge is -2.11. The van der Waals surface area contributed by atoms with Crippen LogP contribution in [0.3, 0.4) is 0 Å². The zero-order valence-corrected chi connectivity index (χ0v) is 19.2. The third-order valence-electron chi connectivity index (χ3n) is 4.70. The molecule has 0 bridgehead atoms. The van der Waals surface area contributed by atoms with Crippen molar-refractivity contribution in [3.05, 3.63) is 71.4 Å². The highest BCUT2D eigenvalue weighted by Gasteiger charge is 2.32. The average Bonchev–Trinajstić information content (AvgIpc) is 2.81. The van der Waals surface area contributed by atoms with Gasteiger partial charge in [-0.25, -0.2) is 4.99 Å². The molecule has 7 nitrogen and oxygen atoms in total. The van der Waals surface area contributed by atoms with Crippen molar-refractivity contribution < 1.29 is 22.7 Å². The van der Waals surface area contributed by atoms with Gasteiger partial charge >= 0.3 is 6.18 Å². The van der Waals surface area contributed by atoms with E-state index < -0.39 is 23.5 Å². The Kier molecular flexibility index (Phi) is 10.6. The Balaban J connectivity index is 2.23. The normalized spacial score (nSPS) is 12.5. The van der Waals surface area contributed by atoms with E-state index >= 15 is 0 Å². The quantitative estimate of drug-likeness (QED) is 0.278. The lowest BCUT2D eigenvalue weighted by molar-refractivity contribution is -0.114. The summed E-state index contributed by atoms with van der Waals surface area (Å²) in [4.78, 5) is 16.9. The van der Waals surface area contributed by atoms with Crippen molar-refractivity contribution in [1.29, 1.82) is 0 Å². The van der Waals surface area contributed by atoms with Gasteiger partial charge in [-0.15, -0.1) is 0 Å². The number of likely N-dealkylation sites (N-methyl/N-ethyl adjacent to an activating group) is 1. The van der Waals surface area contributed by atoms with Crippen LogP contribution in [0.2, 0.25) is 0 Å². The predicted molar refractivity (Wildman–Crippen MR) is 127 cm³/mol. The van der Waals surface area contributed by atoms with Crippen LogP contribution in [0.15, 0.2) is 65.3 Å². The van der Waals surface area contributed by atoms with Crippen LogP contribution in [0, 0.1) is 0 Å². The van der Waals surface area contributed by atoms with Gasteiger partial charge < -0.3 is 26.4 Å². The molecule has 10 heteroatoms. The van der Waals surface area contributed by atoms with Crippen LogP contribution < -0.4 is 26.4 Å². The predicted octanol–water partition coefficient (Wildman–Crippen LogP) is 3.19. The second kappa shape index (κ2) is 13.4. The molecule has 0 fully saturated rings. The van der Waals surface area contributed by atoms with Crippen molar-refractivity contribution in [2.24, 2.45) is 10.7 Å². The van der Waals surface area contributed by atoms with E-state index in [9.17, 15) is 18.0 Å². The third kappa shape index (κ3) is 8.87. The summed E-state index contributed by atoms with van der Waals surface area (Å²) < 4.78 is 44.4. The molecule has 0 radical (unpaired) electrons. The van der Waals surface area contributed by atoms with E-state index in [-0.39, 0.29) is 6.54 Å². The number of nitrogens with two attached hydrogens (primary N) is 1. The Morgan fingerprint density at radius 1 is 1.09 bits per heavy atom. The molecule has 1 amide bonds. The number of halogens is 3. The highest BCUT2D eigenvalue weighted by atomic mass is 19.4. The zero-order chi connectivity index (χ0) is 25.0. The first-order valence-corrected chi connectivity index (χ1v) is 10.8. The average molecular weight is 478 g/mol. The monoisotopic (exact) mass is 477 g/mol. The fourth-order valence-electron chi connectivity index (χ4n) is 2.95. The summed E-state index contributed by atoms with van der Waals surface area (Å²) in [7, 11) is 1.49. The molecule has 0 aromatic heterocycles. The van der Waals surface area contributed by atoms with Crippen molar-refractivity contribution in [2.45, 2.75) is 26.2 Å². The summed E-state index contributed by atoms with van der Waals surface area (Å²) in [5.41, 5.74) is 5.17. The lowest BCUT2D eigenvalue weighted by atomic mass is 10.2. The van der Waals surface area contributed by atoms with Crippen LogP contribution in [0.1, 0.15) is 18.1 Å². The minimum absolute atomic E-state index is 0.0391. The number of allylic oxidation sites excluding steroid dienone is 1. The summed E-state index contributed by atoms with van der Waals surface area (Å²) in [5, 5.41) is 9.04. The number of nitrogens with zero attached hydrogens (tertiary/aromatic N) is 1. The molecule has 0 atom stereocenters. The Labute approximate surface area is 197 Å². The molecule has 0 unspecified atom stereocenters. The molecule has 5 N–H and O–H groups in total. The number of methoxy groups -OCH3 is 1. The fourth-order valence-corrected chi connectivity index (χ4v) is 2.95. The summed E-state index contributed by atoms with van der Waals surface area (Å²) in [6, 6.07) is 13.9. The van der Waals surface area contributed by atoms with E-state index in [1.54, 1.807) is 42.5 Å². The smallest absolute Gasteiger partial charge is 0.430 e. The number of para-hydroxylation sites is 1. The molecule has 0 saturated carbocycles. The summed E-state index contributed by atoms with van der Waals surface area (Å²) in [6.07, 6.45) is -4.25. The van der Waals surface area contributed by atoms with Gasteiger partial charge in [0, 0.05) is 31.7 Å². The third-order valence-corrected chi connectivity index (χ3v) is 4.70. The van der Waals surface area contributed by atoms with E-state index in [1.807, 2.05) is 13.0 Å². The number of amides is 1. The number of carbonyl (C=O) groups excluding carboxylic acids is 1. The van der Waals surface area contributed by atoms with Gasteiger partial charge in [-0.2, -0.15) is 13.2 Å². The van der Waals surface area contributed by atoms with Gasteiger partial charge in [0.25, 0.3) is 5.91 Å². The number of hydrogen-bond acceptors (Lipinski definition) is 6. The highest BCUT2D eigenvalue weighted by molar-refractivity contribution is 6.44. The number of hydrogen-bond donors (Lipinski definition) is 4. The topological polar surface area (TPSA) is 101 Å². The van der Waals surface area contributed by atoms with Crippen LogP contribution in [0.5, 0.6) is 5.75 Å². The number of nitrogens with one attached hydrogen (secondary N) is 3. The van der Waals surface area contributed by atoms with E-state index in [0.717, 1.165) is 25.2 Å². The van der Waals surface area contributed by atoms with Crippen LogP contribution in [0.4, 0.5) is 18.9 Å². The van der Waals surface area contributed by atoms with Gasteiger partial charge in [-0.05, 0) is 36.4 Å². The summed E-state index contributed by atoms with van der Waals surface area (Å²) in [5.74, 6) is -0.256. The van der Waals surface area contributed by atoms with Gasteiger partial charge in [0.05, 0.1) is 12.8 Å². The Morgan fingerprint density at radius 2 is 1.82 bits per heavy atom. The van der Waals surface area contributed by atoms with Gasteiger partial charge in [-0.3, -0.25) is 4.79 Å². The maximum atomic E-state index is 13.0. The van der Waals surface area contributed by atoms with Gasteiger partial charge in [0.2, 0.25) is 0 Å². The molecule has 0 saturated heterocycles. The number of carbonyl (C=O) groups is 1. The number of ether oxygens (including phenoxy) is 1. The van der Waals surface area contributed by atoms with E-state index in [2.05, 4.69) is 20.9 Å². The first-order valence-electron chi connectivity index (χ1n) is 10.8. The summed E-state index contributed by atoms with van der Waals surface area (Å²) >= 11 is 0. The van der Waals surface area contributed by atoms with Crippen molar-refractivity contribution >= 4 is 17.3 Å². The van der Waals surface area contributed by atoms with E-state index in [4.69, 9.17) is 10.5 Å². The standard InChI is InChI=1S/C24H30F3N5O2/c1-3-29-11-12-30-15-17-7-6-9-19(13-17)32-20(14-22(28)24(25,26)27)23(33)31-16-18-8-4-5-10-21(18)34-2/h4-10,13-14,29-30H,3,11-12,15-16,28H2,1-2H3,(H,31,33)/b22-14-,32-20?. The molecular formula is C24H30F3N5O2. The van der Waals surface area contributed by atoms with Crippen molar-refractivity contribution in [2.75, 3.05) is 26.7 Å². The molecule has 0 aliphatic heterocycles. The second-order valence-electron chi connectivity index (χ2n) is 7.29. The summed E-state index contributed by atoms with van der Waals surface area (Å²) in [6.45, 7) is 5.05. The molecule has 0 heterocycles. The van der Waals surface area contributed by atoms with Gasteiger partial charge in [-0.1, -0.05) is 37.3 Å². The number of rotatable bonds is 12. The minimum atomic E-state index is -4.79. The molecule has 0 spiro atoms. The Morgan fingerprint density at radius 3 is 2.53 bits per heavy atom. The fraction of sp³-hybridized carbons (Fsp3) is 0.333.